The smallest absolute Gasteiger partial charge is 0.158 e. The van der Waals surface area contributed by atoms with Gasteiger partial charge in [0.15, 0.2) is 6.29 Å². The van der Waals surface area contributed by atoms with Gasteiger partial charge in [0.25, 0.3) is 0 Å². The minimum Gasteiger partial charge on any atom is -0.394 e. The lowest BCUT2D eigenvalue weighted by Crippen LogP contribution is -2.44. The van der Waals surface area contributed by atoms with Crippen molar-refractivity contribution in [2.45, 2.75) is 62.7 Å². The Morgan fingerprint density at radius 2 is 1.81 bits per heavy atom. The topological polar surface area (TPSA) is 90.7 Å². The third kappa shape index (κ3) is 3.15. The van der Waals surface area contributed by atoms with Crippen molar-refractivity contribution in [3.63, 3.8) is 0 Å². The second-order valence-electron chi connectivity index (χ2n) is 4.93. The molecule has 1 heterocycles. The van der Waals surface area contributed by atoms with Crippen LogP contribution in [0.5, 0.6) is 0 Å². The summed E-state index contributed by atoms with van der Waals surface area (Å²) < 4.78 is 11.4. The highest BCUT2D eigenvalue weighted by Crippen LogP contribution is 2.26. The average molecular weight is 230 g/mol. The molecule has 2 aliphatic rings. The highest BCUT2D eigenvalue weighted by molar-refractivity contribution is 4.84. The van der Waals surface area contributed by atoms with Crippen LogP contribution in [0.4, 0.5) is 0 Å². The first-order valence-electron chi connectivity index (χ1n) is 6.10. The summed E-state index contributed by atoms with van der Waals surface area (Å²) in [4.78, 5) is 0. The van der Waals surface area contributed by atoms with E-state index in [0.717, 1.165) is 32.1 Å². The maximum Gasteiger partial charge on any atom is 0.158 e. The van der Waals surface area contributed by atoms with Gasteiger partial charge in [-0.2, -0.15) is 0 Å². The van der Waals surface area contributed by atoms with Crippen LogP contribution in [0, 0.1) is 0 Å². The van der Waals surface area contributed by atoms with Crippen LogP contribution >= 0.6 is 0 Å². The third-order valence-corrected chi connectivity index (χ3v) is 3.35. The van der Waals surface area contributed by atoms with Crippen LogP contribution in [-0.4, -0.2) is 42.3 Å². The highest BCUT2D eigenvalue weighted by atomic mass is 16.7. The zero-order valence-electron chi connectivity index (χ0n) is 9.55. The van der Waals surface area contributed by atoms with Gasteiger partial charge in [-0.15, -0.1) is 0 Å². The van der Waals surface area contributed by atoms with Crippen LogP contribution < -0.4 is 11.5 Å². The van der Waals surface area contributed by atoms with Gasteiger partial charge in [-0.05, 0) is 25.7 Å². The molecule has 0 aromatic heterocycles. The summed E-state index contributed by atoms with van der Waals surface area (Å²) in [6, 6.07) is 0.285. The Morgan fingerprint density at radius 3 is 2.38 bits per heavy atom. The molecule has 0 aromatic rings. The van der Waals surface area contributed by atoms with Crippen LogP contribution in [0.2, 0.25) is 0 Å². The highest BCUT2D eigenvalue weighted by Gasteiger charge is 2.31. The van der Waals surface area contributed by atoms with E-state index >= 15 is 0 Å². The summed E-state index contributed by atoms with van der Waals surface area (Å²) in [5.41, 5.74) is 11.8. The number of ether oxygens (including phenoxy) is 2. The van der Waals surface area contributed by atoms with Crippen LogP contribution in [-0.2, 0) is 9.47 Å². The lowest BCUT2D eigenvalue weighted by molar-refractivity contribution is -0.174. The molecule has 5 atom stereocenters. The number of aliphatic hydroxyl groups is 1. The van der Waals surface area contributed by atoms with Crippen molar-refractivity contribution < 1.29 is 14.6 Å². The summed E-state index contributed by atoms with van der Waals surface area (Å²) in [7, 11) is 0. The van der Waals surface area contributed by atoms with Gasteiger partial charge < -0.3 is 26.0 Å². The predicted octanol–water partition coefficient (Wildman–Crippen LogP) is -0.293. The van der Waals surface area contributed by atoms with Crippen molar-refractivity contribution in [2.75, 3.05) is 6.61 Å². The quantitative estimate of drug-likeness (QED) is 0.619. The number of hydrogen-bond donors (Lipinski definition) is 3. The first-order valence-corrected chi connectivity index (χ1v) is 6.10. The van der Waals surface area contributed by atoms with Crippen LogP contribution in [0.25, 0.3) is 0 Å². The second-order valence-corrected chi connectivity index (χ2v) is 4.93. The van der Waals surface area contributed by atoms with E-state index in [1.165, 1.54) is 0 Å². The SMILES string of the molecule is N[C@@H]1CC(O[C@H]2CC[C@@H](CO)O2)C[C@H](N)C1. The number of hydrogen-bond acceptors (Lipinski definition) is 5. The molecule has 0 bridgehead atoms. The zero-order chi connectivity index (χ0) is 11.5. The minimum absolute atomic E-state index is 0.0593. The Balaban J connectivity index is 1.77. The van der Waals surface area contributed by atoms with Crippen LogP contribution in [0.15, 0.2) is 0 Å². The molecule has 2 rings (SSSR count). The van der Waals surface area contributed by atoms with Crippen molar-refractivity contribution >= 4 is 0 Å². The largest absolute Gasteiger partial charge is 0.394 e. The average Bonchev–Trinajstić information content (AvgIpc) is 2.64. The normalized spacial score (nSPS) is 44.8. The van der Waals surface area contributed by atoms with Crippen LogP contribution in [0.3, 0.4) is 0 Å². The van der Waals surface area contributed by atoms with Gasteiger partial charge in [0.05, 0.1) is 18.8 Å². The maximum atomic E-state index is 8.95. The molecule has 1 saturated carbocycles. The molecule has 1 aliphatic carbocycles. The summed E-state index contributed by atoms with van der Waals surface area (Å²) in [5.74, 6) is 0. The van der Waals surface area contributed by atoms with E-state index in [1.807, 2.05) is 0 Å². The molecule has 1 unspecified atom stereocenters. The fraction of sp³-hybridized carbons (Fsp3) is 1.00. The van der Waals surface area contributed by atoms with E-state index in [9.17, 15) is 0 Å². The molecule has 94 valence electrons. The molecule has 0 radical (unpaired) electrons. The summed E-state index contributed by atoms with van der Waals surface area (Å²) in [6.45, 7) is 0.0730. The molecule has 5 heteroatoms. The summed E-state index contributed by atoms with van der Waals surface area (Å²) in [6.07, 6.45) is 4.19. The van der Waals surface area contributed by atoms with E-state index in [4.69, 9.17) is 26.0 Å². The molecule has 1 saturated heterocycles. The summed E-state index contributed by atoms with van der Waals surface area (Å²) in [5, 5.41) is 8.95. The Labute approximate surface area is 96.1 Å². The number of nitrogens with two attached hydrogens (primary N) is 2. The predicted molar refractivity (Wildman–Crippen MR) is 59.7 cm³/mol. The monoisotopic (exact) mass is 230 g/mol. The van der Waals surface area contributed by atoms with E-state index in [0.29, 0.717) is 0 Å². The Hall–Kier alpha value is -0.200. The molecule has 5 N–H and O–H groups in total. The number of aliphatic hydroxyl groups excluding tert-OH is 1. The molecular weight excluding hydrogens is 208 g/mol. The second kappa shape index (κ2) is 5.42. The van der Waals surface area contributed by atoms with E-state index in [1.54, 1.807) is 0 Å². The fourth-order valence-electron chi connectivity index (χ4n) is 2.59. The van der Waals surface area contributed by atoms with Crippen molar-refractivity contribution in [1.82, 2.24) is 0 Å². The summed E-state index contributed by atoms with van der Waals surface area (Å²) >= 11 is 0. The van der Waals surface area contributed by atoms with E-state index in [-0.39, 0.29) is 37.2 Å². The first-order chi connectivity index (χ1) is 7.67. The van der Waals surface area contributed by atoms with Crippen LogP contribution in [0.1, 0.15) is 32.1 Å². The van der Waals surface area contributed by atoms with Crippen molar-refractivity contribution in [1.29, 1.82) is 0 Å². The molecule has 16 heavy (non-hydrogen) atoms. The first kappa shape index (κ1) is 12.3. The van der Waals surface area contributed by atoms with Gasteiger partial charge in [0, 0.05) is 18.5 Å². The molecule has 2 fully saturated rings. The van der Waals surface area contributed by atoms with Gasteiger partial charge in [0.2, 0.25) is 0 Å². The molecule has 0 spiro atoms. The van der Waals surface area contributed by atoms with Gasteiger partial charge in [0.1, 0.15) is 0 Å². The van der Waals surface area contributed by atoms with Crippen molar-refractivity contribution in [3.8, 4) is 0 Å². The molecule has 5 nitrogen and oxygen atoms in total. The zero-order valence-corrected chi connectivity index (χ0v) is 9.55. The minimum atomic E-state index is -0.181. The third-order valence-electron chi connectivity index (χ3n) is 3.35. The van der Waals surface area contributed by atoms with Crippen molar-refractivity contribution in [3.05, 3.63) is 0 Å². The van der Waals surface area contributed by atoms with Crippen molar-refractivity contribution in [2.24, 2.45) is 11.5 Å². The molecule has 0 amide bonds. The standard InChI is InChI=1S/C11H22N2O3/c12-7-3-8(13)5-10(4-7)16-11-2-1-9(6-14)15-11/h7-11,14H,1-6,12-13H2/t7-,8+,9-,10?,11-/m0/s1. The molecule has 1 aliphatic heterocycles. The molecule has 0 aromatic carbocycles. The lowest BCUT2D eigenvalue weighted by Gasteiger charge is -2.32. The Kier molecular flexibility index (Phi) is 4.16. The van der Waals surface area contributed by atoms with E-state index in [2.05, 4.69) is 0 Å². The number of rotatable bonds is 3. The Bertz CT molecular complexity index is 217. The maximum absolute atomic E-state index is 8.95. The Morgan fingerprint density at radius 1 is 1.12 bits per heavy atom. The van der Waals surface area contributed by atoms with Gasteiger partial charge in [-0.25, -0.2) is 0 Å². The molecular formula is C11H22N2O3. The fourth-order valence-corrected chi connectivity index (χ4v) is 2.59. The van der Waals surface area contributed by atoms with Gasteiger partial charge in [-0.1, -0.05) is 0 Å². The van der Waals surface area contributed by atoms with E-state index < -0.39 is 0 Å². The lowest BCUT2D eigenvalue weighted by atomic mass is 9.90. The van der Waals surface area contributed by atoms with Gasteiger partial charge >= 0.3 is 0 Å². The van der Waals surface area contributed by atoms with Gasteiger partial charge in [-0.3, -0.25) is 0 Å².